The predicted molar refractivity (Wildman–Crippen MR) is 123 cm³/mol. The van der Waals surface area contributed by atoms with Gasteiger partial charge in [0.1, 0.15) is 48.4 Å². The molecule has 2 aromatic heterocycles. The normalized spacial score (nSPS) is 26.2. The monoisotopic (exact) mass is 498 g/mol. The van der Waals surface area contributed by atoms with Gasteiger partial charge < -0.3 is 25.4 Å². The van der Waals surface area contributed by atoms with E-state index in [4.69, 9.17) is 19.7 Å². The lowest BCUT2D eigenvalue weighted by molar-refractivity contribution is -0.146. The molecule has 1 aliphatic rings. The second kappa shape index (κ2) is 11.0. The van der Waals surface area contributed by atoms with Crippen LogP contribution >= 0.6 is 8.18 Å². The van der Waals surface area contributed by atoms with Crippen molar-refractivity contribution in [2.45, 2.75) is 70.5 Å². The first-order chi connectivity index (χ1) is 16.1. The number of aliphatic hydroxyl groups is 2. The summed E-state index contributed by atoms with van der Waals surface area (Å²) < 4.78 is 30.5. The summed E-state index contributed by atoms with van der Waals surface area (Å²) in [6, 6.07) is 2.50. The summed E-state index contributed by atoms with van der Waals surface area (Å²) >= 11 is 0. The number of nitrogens with one attached hydrogen (secondary N) is 1. The Morgan fingerprint density at radius 1 is 1.38 bits per heavy atom. The summed E-state index contributed by atoms with van der Waals surface area (Å²) in [6.45, 7) is 7.12. The molecule has 1 unspecified atom stereocenters. The average molecular weight is 498 g/mol. The molecule has 34 heavy (non-hydrogen) atoms. The van der Waals surface area contributed by atoms with Crippen LogP contribution in [0.2, 0.25) is 0 Å². The number of ether oxygens (including phenoxy) is 2. The average Bonchev–Trinajstić information content (AvgIpc) is 3.34. The molecule has 12 nitrogen and oxygen atoms in total. The number of nitrogen functional groups attached to an aromatic ring is 1. The van der Waals surface area contributed by atoms with Crippen molar-refractivity contribution in [3.63, 3.8) is 0 Å². The number of carbonyl (C=O) groups is 1. The molecule has 2 aromatic rings. The van der Waals surface area contributed by atoms with Gasteiger partial charge in [0.25, 0.3) is 0 Å². The Kier molecular flexibility index (Phi) is 8.56. The van der Waals surface area contributed by atoms with Crippen LogP contribution < -0.4 is 10.8 Å². The van der Waals surface area contributed by atoms with Crippen molar-refractivity contribution in [1.29, 1.82) is 0 Å². The van der Waals surface area contributed by atoms with Crippen molar-refractivity contribution >= 4 is 25.5 Å². The zero-order valence-corrected chi connectivity index (χ0v) is 20.6. The van der Waals surface area contributed by atoms with Gasteiger partial charge >= 0.3 is 14.1 Å². The van der Waals surface area contributed by atoms with Gasteiger partial charge in [0.05, 0.1) is 12.3 Å². The van der Waals surface area contributed by atoms with E-state index in [0.29, 0.717) is 17.8 Å². The first kappa shape index (κ1) is 26.4. The molecular weight excluding hydrogens is 465 g/mol. The molecule has 13 heteroatoms. The molecule has 1 saturated heterocycles. The van der Waals surface area contributed by atoms with Crippen LogP contribution in [0, 0.1) is 5.92 Å². The number of fused-ring (bicyclic) bond motifs is 1. The third-order valence-electron chi connectivity index (χ3n) is 6.20. The Labute approximate surface area is 198 Å². The van der Waals surface area contributed by atoms with Crippen LogP contribution in [0.4, 0.5) is 5.82 Å². The standard InChI is InChI=1S/C21H33N5O7P/c1-5-13(6-2)9-31-20(29)12(3)25-34(30)32-10-21(4)18(28)16(27)17(33-21)14-7-8-15-19(22)23-11-24-26(14)15/h7-8,11-13,16-18,27-28H,5-6,9-10H2,1-4H3,(H,25,30)(H2,22,23,24)/q+1/t12-,16-,17-,18-,21+/m0/s1. The van der Waals surface area contributed by atoms with E-state index in [1.807, 2.05) is 13.8 Å². The lowest BCUT2D eigenvalue weighted by atomic mass is 9.97. The smallest absolute Gasteiger partial charge is 0.464 e. The highest BCUT2D eigenvalue weighted by atomic mass is 31.1. The van der Waals surface area contributed by atoms with E-state index in [9.17, 15) is 19.6 Å². The lowest BCUT2D eigenvalue weighted by Gasteiger charge is -2.24. The van der Waals surface area contributed by atoms with E-state index in [0.717, 1.165) is 12.8 Å². The summed E-state index contributed by atoms with van der Waals surface area (Å²) in [5, 5.41) is 28.0. The zero-order chi connectivity index (χ0) is 25.0. The molecule has 3 rings (SSSR count). The van der Waals surface area contributed by atoms with E-state index < -0.39 is 44.1 Å². The molecule has 1 fully saturated rings. The van der Waals surface area contributed by atoms with Gasteiger partial charge in [-0.3, -0.25) is 4.79 Å². The number of carbonyl (C=O) groups excluding carboxylic acids is 1. The summed E-state index contributed by atoms with van der Waals surface area (Å²) in [4.78, 5) is 16.1. The maximum Gasteiger partial charge on any atom is 0.613 e. The molecule has 0 radical (unpaired) electrons. The number of aromatic nitrogens is 3. The maximum atomic E-state index is 12.4. The van der Waals surface area contributed by atoms with Gasteiger partial charge in [-0.1, -0.05) is 31.8 Å². The molecule has 188 valence electrons. The van der Waals surface area contributed by atoms with Crippen molar-refractivity contribution in [3.8, 4) is 0 Å². The Balaban J connectivity index is 1.58. The third kappa shape index (κ3) is 5.54. The van der Waals surface area contributed by atoms with Crippen molar-refractivity contribution in [1.82, 2.24) is 19.7 Å². The minimum atomic E-state index is -2.47. The van der Waals surface area contributed by atoms with Crippen LogP contribution in [-0.4, -0.2) is 67.8 Å². The highest BCUT2D eigenvalue weighted by molar-refractivity contribution is 7.36. The van der Waals surface area contributed by atoms with Crippen LogP contribution in [0.15, 0.2) is 18.5 Å². The van der Waals surface area contributed by atoms with E-state index in [1.54, 1.807) is 12.1 Å². The number of hydrogen-bond donors (Lipinski definition) is 4. The predicted octanol–water partition coefficient (Wildman–Crippen LogP) is 1.49. The van der Waals surface area contributed by atoms with E-state index in [2.05, 4.69) is 15.2 Å². The third-order valence-corrected chi connectivity index (χ3v) is 7.16. The Hall–Kier alpha value is -2.21. The molecule has 0 amide bonds. The topological polar surface area (TPSA) is 171 Å². The second-order valence-corrected chi connectivity index (χ2v) is 9.71. The Morgan fingerprint density at radius 2 is 2.09 bits per heavy atom. The zero-order valence-electron chi connectivity index (χ0n) is 19.7. The van der Waals surface area contributed by atoms with Gasteiger partial charge in [0.2, 0.25) is 0 Å². The molecule has 0 bridgehead atoms. The Morgan fingerprint density at radius 3 is 2.76 bits per heavy atom. The van der Waals surface area contributed by atoms with Crippen LogP contribution in [0.5, 0.6) is 0 Å². The fourth-order valence-corrected chi connectivity index (χ4v) is 4.65. The number of anilines is 1. The first-order valence-electron chi connectivity index (χ1n) is 11.3. The van der Waals surface area contributed by atoms with Crippen molar-refractivity contribution < 1.29 is 33.6 Å². The van der Waals surface area contributed by atoms with Crippen molar-refractivity contribution in [2.75, 3.05) is 18.9 Å². The number of hydrogen-bond acceptors (Lipinski definition) is 10. The second-order valence-electron chi connectivity index (χ2n) is 8.68. The fraction of sp³-hybridized carbons (Fsp3) is 0.667. The molecule has 0 aliphatic carbocycles. The molecule has 0 spiro atoms. The maximum absolute atomic E-state index is 12.4. The van der Waals surface area contributed by atoms with Crippen LogP contribution in [0.3, 0.4) is 0 Å². The van der Waals surface area contributed by atoms with E-state index in [-0.39, 0.29) is 18.3 Å². The first-order valence-corrected chi connectivity index (χ1v) is 12.4. The van der Waals surface area contributed by atoms with E-state index >= 15 is 0 Å². The van der Waals surface area contributed by atoms with Gasteiger partial charge in [0.15, 0.2) is 5.82 Å². The molecule has 5 N–H and O–H groups in total. The number of rotatable bonds is 11. The highest BCUT2D eigenvalue weighted by Gasteiger charge is 2.54. The molecule has 1 aliphatic heterocycles. The minimum Gasteiger partial charge on any atom is -0.464 e. The fourth-order valence-electron chi connectivity index (χ4n) is 3.78. The summed E-state index contributed by atoms with van der Waals surface area (Å²) in [7, 11) is -2.47. The molecule has 3 heterocycles. The highest BCUT2D eigenvalue weighted by Crippen LogP contribution is 2.41. The lowest BCUT2D eigenvalue weighted by Crippen LogP contribution is -2.44. The molecule has 0 aromatic carbocycles. The summed E-state index contributed by atoms with van der Waals surface area (Å²) in [5.74, 6) is 0.0113. The molecule has 0 saturated carbocycles. The number of aliphatic hydroxyl groups excluding tert-OH is 2. The van der Waals surface area contributed by atoms with Crippen LogP contribution in [-0.2, 0) is 23.4 Å². The van der Waals surface area contributed by atoms with Crippen molar-refractivity contribution in [2.24, 2.45) is 5.92 Å². The van der Waals surface area contributed by atoms with Gasteiger partial charge in [-0.05, 0) is 36.5 Å². The number of nitrogens with two attached hydrogens (primary N) is 1. The number of nitrogens with zero attached hydrogens (tertiary/aromatic N) is 3. The molecule has 6 atom stereocenters. The minimum absolute atomic E-state index is 0.260. The number of esters is 1. The van der Waals surface area contributed by atoms with Gasteiger partial charge in [-0.25, -0.2) is 9.50 Å². The van der Waals surface area contributed by atoms with Crippen LogP contribution in [0.1, 0.15) is 52.3 Å². The Bertz CT molecular complexity index is 1020. The quantitative estimate of drug-likeness (QED) is 0.261. The van der Waals surface area contributed by atoms with Crippen molar-refractivity contribution in [3.05, 3.63) is 24.2 Å². The van der Waals surface area contributed by atoms with Gasteiger partial charge in [-0.15, -0.1) is 4.52 Å². The molecular formula is C21H33N5O7P+. The summed E-state index contributed by atoms with van der Waals surface area (Å²) in [5.41, 5.74) is 5.48. The summed E-state index contributed by atoms with van der Waals surface area (Å²) in [6.07, 6.45) is -0.503. The van der Waals surface area contributed by atoms with E-state index in [1.165, 1.54) is 24.7 Å². The van der Waals surface area contributed by atoms with Gasteiger partial charge in [0, 0.05) is 0 Å². The van der Waals surface area contributed by atoms with Crippen LogP contribution in [0.25, 0.3) is 5.52 Å². The largest absolute Gasteiger partial charge is 0.613 e. The SMILES string of the molecule is CCC(CC)COC(=O)[C@H](C)N[P+](=O)OC[C@@]1(C)O[C@@H](c2ccc3c(N)ncnn23)[C@H](O)[C@@H]1O. The van der Waals surface area contributed by atoms with Gasteiger partial charge in [-0.2, -0.15) is 5.10 Å².